The summed E-state index contributed by atoms with van der Waals surface area (Å²) in [6.07, 6.45) is 26.7. The number of aryl methyl sites for hydroxylation is 1. The van der Waals surface area contributed by atoms with Crippen molar-refractivity contribution < 1.29 is 9.67 Å². The van der Waals surface area contributed by atoms with Crippen LogP contribution in [0.25, 0.3) is 0 Å². The number of unbranched alkanes of at least 4 members (excludes halogenated alkanes) is 13. The normalized spacial score (nSPS) is 12.6. The fourth-order valence-corrected chi connectivity index (χ4v) is 3.54. The topological polar surface area (TPSA) is 29.0 Å². The molecule has 1 atom stereocenters. The van der Waals surface area contributed by atoms with Gasteiger partial charge in [-0.3, -0.25) is 0 Å². The maximum absolute atomic E-state index is 9.70. The average molecular weight is 366 g/mol. The maximum Gasteiger partial charge on any atom is 0.243 e. The van der Waals surface area contributed by atoms with Gasteiger partial charge in [0.25, 0.3) is 0 Å². The van der Waals surface area contributed by atoms with Crippen LogP contribution in [0.5, 0.6) is 0 Å². The van der Waals surface area contributed by atoms with E-state index in [9.17, 15) is 5.11 Å². The number of rotatable bonds is 18. The Morgan fingerprint density at radius 2 is 1.27 bits per heavy atom. The second-order valence-corrected chi connectivity index (χ2v) is 8.01. The fourth-order valence-electron chi connectivity index (χ4n) is 3.54. The molecule has 0 fully saturated rings. The van der Waals surface area contributed by atoms with E-state index < -0.39 is 0 Å². The molecule has 3 heteroatoms. The molecule has 0 bridgehead atoms. The van der Waals surface area contributed by atoms with Crippen molar-refractivity contribution in [2.24, 2.45) is 0 Å². The zero-order valence-electron chi connectivity index (χ0n) is 17.7. The van der Waals surface area contributed by atoms with Crippen molar-refractivity contribution in [3.8, 4) is 0 Å². The molecule has 3 nitrogen and oxygen atoms in total. The number of aliphatic hydroxyl groups excluding tert-OH is 1. The summed E-state index contributed by atoms with van der Waals surface area (Å²) in [7, 11) is 0. The summed E-state index contributed by atoms with van der Waals surface area (Å²) < 4.78 is 4.35. The minimum absolute atomic E-state index is 0.225. The second kappa shape index (κ2) is 16.4. The Morgan fingerprint density at radius 3 is 1.77 bits per heavy atom. The predicted octanol–water partition coefficient (Wildman–Crippen LogP) is 6.03. The van der Waals surface area contributed by atoms with Crippen molar-refractivity contribution >= 4 is 0 Å². The van der Waals surface area contributed by atoms with Crippen LogP contribution in [0.4, 0.5) is 0 Å². The van der Waals surface area contributed by atoms with E-state index in [-0.39, 0.29) is 6.10 Å². The third-order valence-corrected chi connectivity index (χ3v) is 5.41. The van der Waals surface area contributed by atoms with Gasteiger partial charge >= 0.3 is 0 Å². The van der Waals surface area contributed by atoms with Gasteiger partial charge in [0.2, 0.25) is 6.33 Å². The molecule has 0 unspecified atom stereocenters. The van der Waals surface area contributed by atoms with E-state index in [0.717, 1.165) is 13.0 Å². The largest absolute Gasteiger partial charge is 0.389 e. The number of aromatic nitrogens is 2. The van der Waals surface area contributed by atoms with E-state index in [1.165, 1.54) is 89.9 Å². The molecule has 1 rings (SSSR count). The maximum atomic E-state index is 9.70. The molecule has 0 amide bonds. The molecule has 0 saturated heterocycles. The lowest BCUT2D eigenvalue weighted by molar-refractivity contribution is -0.703. The highest BCUT2D eigenvalue weighted by atomic mass is 16.3. The molecule has 0 saturated carbocycles. The Labute approximate surface area is 162 Å². The number of hydrogen-bond donors (Lipinski definition) is 1. The molecular weight excluding hydrogens is 320 g/mol. The quantitative estimate of drug-likeness (QED) is 0.250. The molecule has 1 aromatic rings. The van der Waals surface area contributed by atoms with Crippen LogP contribution >= 0.6 is 0 Å². The molecule has 1 aromatic heterocycles. The summed E-state index contributed by atoms with van der Waals surface area (Å²) in [6, 6.07) is 0. The predicted molar refractivity (Wildman–Crippen MR) is 111 cm³/mol. The lowest BCUT2D eigenvalue weighted by atomic mass is 10.0. The minimum atomic E-state index is -0.225. The van der Waals surface area contributed by atoms with Crippen LogP contribution < -0.4 is 4.57 Å². The van der Waals surface area contributed by atoms with Crippen LogP contribution in [-0.4, -0.2) is 15.8 Å². The van der Waals surface area contributed by atoms with Gasteiger partial charge in [-0.05, 0) is 19.3 Å². The molecular formula is C23H45N2O+. The Hall–Kier alpha value is -0.830. The molecule has 152 valence electrons. The van der Waals surface area contributed by atoms with E-state index in [1.807, 2.05) is 6.92 Å². The highest BCUT2D eigenvalue weighted by molar-refractivity contribution is 4.66. The molecule has 0 aliphatic rings. The van der Waals surface area contributed by atoms with Crippen molar-refractivity contribution in [2.75, 3.05) is 0 Å². The first-order valence-electron chi connectivity index (χ1n) is 11.5. The smallest absolute Gasteiger partial charge is 0.243 e. The first-order valence-corrected chi connectivity index (χ1v) is 11.5. The summed E-state index contributed by atoms with van der Waals surface area (Å²) in [5.74, 6) is 0. The van der Waals surface area contributed by atoms with Crippen LogP contribution in [-0.2, 0) is 13.1 Å². The third kappa shape index (κ3) is 12.5. The SMILES string of the molecule is CCCCCCCCCCCCCCCCn1cc[n+](C[C@@H](O)CC)c1. The van der Waals surface area contributed by atoms with E-state index >= 15 is 0 Å². The molecule has 0 aromatic carbocycles. The van der Waals surface area contributed by atoms with E-state index in [0.29, 0.717) is 6.54 Å². The fraction of sp³-hybridized carbons (Fsp3) is 0.870. The molecule has 0 aliphatic heterocycles. The van der Waals surface area contributed by atoms with Crippen LogP contribution in [0.2, 0.25) is 0 Å². The zero-order chi connectivity index (χ0) is 18.9. The summed E-state index contributed by atoms with van der Waals surface area (Å²) in [5.41, 5.74) is 0. The van der Waals surface area contributed by atoms with Crippen LogP contribution in [0.15, 0.2) is 18.7 Å². The van der Waals surface area contributed by atoms with E-state index in [4.69, 9.17) is 0 Å². The van der Waals surface area contributed by atoms with Crippen LogP contribution in [0.3, 0.4) is 0 Å². The highest BCUT2D eigenvalue weighted by Gasteiger charge is 2.08. The summed E-state index contributed by atoms with van der Waals surface area (Å²) in [4.78, 5) is 0. The van der Waals surface area contributed by atoms with Crippen molar-refractivity contribution in [3.05, 3.63) is 18.7 Å². The van der Waals surface area contributed by atoms with Gasteiger partial charge in [0.1, 0.15) is 18.9 Å². The molecule has 26 heavy (non-hydrogen) atoms. The Balaban J connectivity index is 1.85. The van der Waals surface area contributed by atoms with Gasteiger partial charge in [-0.1, -0.05) is 90.9 Å². The van der Waals surface area contributed by atoms with Crippen molar-refractivity contribution in [1.29, 1.82) is 0 Å². The van der Waals surface area contributed by atoms with Gasteiger partial charge in [-0.25, -0.2) is 9.13 Å². The van der Waals surface area contributed by atoms with Gasteiger partial charge < -0.3 is 5.11 Å². The van der Waals surface area contributed by atoms with Crippen LogP contribution in [0, 0.1) is 0 Å². The molecule has 0 spiro atoms. The van der Waals surface area contributed by atoms with Gasteiger partial charge in [0, 0.05) is 0 Å². The van der Waals surface area contributed by atoms with E-state index in [2.05, 4.69) is 34.8 Å². The van der Waals surface area contributed by atoms with Gasteiger partial charge in [-0.15, -0.1) is 0 Å². The molecule has 1 heterocycles. The number of imidazole rings is 1. The summed E-state index contributed by atoms with van der Waals surface area (Å²) in [5, 5.41) is 9.70. The van der Waals surface area contributed by atoms with Gasteiger partial charge in [0.15, 0.2) is 0 Å². The lowest BCUT2D eigenvalue weighted by Crippen LogP contribution is -2.37. The van der Waals surface area contributed by atoms with Gasteiger partial charge in [0.05, 0.1) is 12.6 Å². The van der Waals surface area contributed by atoms with Crippen molar-refractivity contribution in [1.82, 2.24) is 4.57 Å². The van der Waals surface area contributed by atoms with Crippen LogP contribution in [0.1, 0.15) is 110 Å². The highest BCUT2D eigenvalue weighted by Crippen LogP contribution is 2.13. The third-order valence-electron chi connectivity index (χ3n) is 5.41. The average Bonchev–Trinajstić information content (AvgIpc) is 3.09. The van der Waals surface area contributed by atoms with Crippen molar-refractivity contribution in [2.45, 2.75) is 129 Å². The Kier molecular flexibility index (Phi) is 14.6. The summed E-state index contributed by atoms with van der Waals surface area (Å²) >= 11 is 0. The van der Waals surface area contributed by atoms with E-state index in [1.54, 1.807) is 0 Å². The van der Waals surface area contributed by atoms with Crippen molar-refractivity contribution in [3.63, 3.8) is 0 Å². The zero-order valence-corrected chi connectivity index (χ0v) is 17.7. The molecule has 0 aliphatic carbocycles. The molecule has 0 radical (unpaired) electrons. The Bertz CT molecular complexity index is 416. The standard InChI is InChI=1S/C23H45N2O/c1-3-5-6-7-8-9-10-11-12-13-14-15-16-17-18-24-19-20-25(22-24)21-23(26)4-2/h19-20,22-23,26H,3-18,21H2,1-2H3/q+1/t23-/m0/s1. The first-order chi connectivity index (χ1) is 12.8. The Morgan fingerprint density at radius 1 is 0.769 bits per heavy atom. The summed E-state index contributed by atoms with van der Waals surface area (Å²) in [6.45, 7) is 6.13. The first kappa shape index (κ1) is 23.2. The number of hydrogen-bond acceptors (Lipinski definition) is 1. The number of nitrogens with zero attached hydrogens (tertiary/aromatic N) is 2. The monoisotopic (exact) mass is 365 g/mol. The minimum Gasteiger partial charge on any atom is -0.389 e. The lowest BCUT2D eigenvalue weighted by Gasteiger charge is -2.03. The number of aliphatic hydroxyl groups is 1. The molecule has 1 N–H and O–H groups in total. The van der Waals surface area contributed by atoms with Gasteiger partial charge in [-0.2, -0.15) is 0 Å². The second-order valence-electron chi connectivity index (χ2n) is 8.01.